The lowest BCUT2D eigenvalue weighted by Gasteiger charge is -2.15. The number of hydrogen-bond donors (Lipinski definition) is 0. The van der Waals surface area contributed by atoms with Crippen LogP contribution in [0.15, 0.2) is 59.5 Å². The number of thioether (sulfide) groups is 1. The predicted octanol–water partition coefficient (Wildman–Crippen LogP) is 4.13. The third-order valence-corrected chi connectivity index (χ3v) is 3.80. The van der Waals surface area contributed by atoms with Gasteiger partial charge in [-0.1, -0.05) is 42.5 Å². The first-order valence-corrected chi connectivity index (χ1v) is 7.20. The van der Waals surface area contributed by atoms with Gasteiger partial charge >= 0.3 is 0 Å². The Morgan fingerprint density at radius 1 is 1.00 bits per heavy atom. The molecule has 0 N–H and O–H groups in total. The molecule has 0 aliphatic heterocycles. The highest BCUT2D eigenvalue weighted by Crippen LogP contribution is 2.28. The molecular weight excluding hydrogens is 240 g/mol. The lowest BCUT2D eigenvalue weighted by Crippen LogP contribution is -2.01. The minimum absolute atomic E-state index is 0.166. The molecule has 0 heterocycles. The molecule has 0 saturated carbocycles. The van der Waals surface area contributed by atoms with Crippen molar-refractivity contribution in [2.75, 3.05) is 6.26 Å². The molecule has 1 nitrogen and oxygen atoms in total. The summed E-state index contributed by atoms with van der Waals surface area (Å²) in [6.45, 7) is 0. The zero-order chi connectivity index (χ0) is 12.8. The summed E-state index contributed by atoms with van der Waals surface area (Å²) in [6.07, 6.45) is 3.60. The Morgan fingerprint density at radius 2 is 1.61 bits per heavy atom. The molecule has 18 heavy (non-hydrogen) atoms. The van der Waals surface area contributed by atoms with E-state index in [-0.39, 0.29) is 5.92 Å². The van der Waals surface area contributed by atoms with Crippen molar-refractivity contribution in [2.24, 2.45) is 0 Å². The van der Waals surface area contributed by atoms with Gasteiger partial charge < -0.3 is 4.79 Å². The van der Waals surface area contributed by atoms with Gasteiger partial charge in [0.15, 0.2) is 0 Å². The topological polar surface area (TPSA) is 17.1 Å². The van der Waals surface area contributed by atoms with Crippen LogP contribution in [-0.2, 0) is 4.79 Å². The highest BCUT2D eigenvalue weighted by molar-refractivity contribution is 7.98. The van der Waals surface area contributed by atoms with Crippen molar-refractivity contribution in [1.82, 2.24) is 0 Å². The van der Waals surface area contributed by atoms with E-state index in [1.165, 1.54) is 16.0 Å². The van der Waals surface area contributed by atoms with E-state index in [0.717, 1.165) is 6.29 Å². The van der Waals surface area contributed by atoms with E-state index >= 15 is 0 Å². The van der Waals surface area contributed by atoms with Gasteiger partial charge in [0.25, 0.3) is 0 Å². The number of carbonyl (C=O) groups excluding carboxylic acids is 1. The van der Waals surface area contributed by atoms with E-state index in [1.807, 2.05) is 18.2 Å². The standard InChI is InChI=1S/C16H16OS/c1-18-15-9-7-14(8-10-15)16(11-12-17)13-5-3-2-4-6-13/h2-10,12,16H,11H2,1H3. The molecule has 2 rings (SSSR count). The Kier molecular flexibility index (Phi) is 4.59. The maximum absolute atomic E-state index is 10.9. The second-order valence-electron chi connectivity index (χ2n) is 4.14. The van der Waals surface area contributed by atoms with Crippen LogP contribution in [0.25, 0.3) is 0 Å². The quantitative estimate of drug-likeness (QED) is 0.591. The normalized spacial score (nSPS) is 12.1. The maximum Gasteiger partial charge on any atom is 0.120 e. The summed E-state index contributed by atoms with van der Waals surface area (Å²) < 4.78 is 0. The van der Waals surface area contributed by atoms with Crippen LogP contribution in [0.3, 0.4) is 0 Å². The van der Waals surface area contributed by atoms with Crippen molar-refractivity contribution < 1.29 is 4.79 Å². The third-order valence-electron chi connectivity index (χ3n) is 3.05. The second kappa shape index (κ2) is 6.41. The summed E-state index contributed by atoms with van der Waals surface area (Å²) in [7, 11) is 0. The molecular formula is C16H16OS. The summed E-state index contributed by atoms with van der Waals surface area (Å²) in [5, 5.41) is 0. The van der Waals surface area contributed by atoms with Gasteiger partial charge in [-0.2, -0.15) is 0 Å². The van der Waals surface area contributed by atoms with Crippen LogP contribution in [-0.4, -0.2) is 12.5 Å². The Bertz CT molecular complexity index is 490. The van der Waals surface area contributed by atoms with E-state index < -0.39 is 0 Å². The number of carbonyl (C=O) groups is 1. The largest absolute Gasteiger partial charge is 0.303 e. The molecule has 0 aliphatic carbocycles. The van der Waals surface area contributed by atoms with Gasteiger partial charge in [-0.25, -0.2) is 0 Å². The molecule has 0 aromatic heterocycles. The van der Waals surface area contributed by atoms with Gasteiger partial charge in [-0.05, 0) is 29.5 Å². The van der Waals surface area contributed by atoms with Gasteiger partial charge in [0.05, 0.1) is 0 Å². The van der Waals surface area contributed by atoms with E-state index in [1.54, 1.807) is 11.8 Å². The van der Waals surface area contributed by atoms with Gasteiger partial charge in [0.2, 0.25) is 0 Å². The number of aldehydes is 1. The van der Waals surface area contributed by atoms with Gasteiger partial charge in [-0.3, -0.25) is 0 Å². The molecule has 0 aliphatic rings. The van der Waals surface area contributed by atoms with Crippen LogP contribution in [0.4, 0.5) is 0 Å². The zero-order valence-corrected chi connectivity index (χ0v) is 11.2. The van der Waals surface area contributed by atoms with Crippen molar-refractivity contribution in [3.63, 3.8) is 0 Å². The Labute approximate surface area is 112 Å². The van der Waals surface area contributed by atoms with Crippen molar-refractivity contribution in [1.29, 1.82) is 0 Å². The van der Waals surface area contributed by atoms with Crippen molar-refractivity contribution in [2.45, 2.75) is 17.2 Å². The summed E-state index contributed by atoms with van der Waals surface area (Å²) in [4.78, 5) is 12.1. The molecule has 0 fully saturated rings. The third kappa shape index (κ3) is 3.02. The number of rotatable bonds is 5. The van der Waals surface area contributed by atoms with Crippen LogP contribution < -0.4 is 0 Å². The highest BCUT2D eigenvalue weighted by Gasteiger charge is 2.13. The molecule has 2 heteroatoms. The SMILES string of the molecule is CSc1ccc(C(CC=O)c2ccccc2)cc1. The summed E-state index contributed by atoms with van der Waals surface area (Å²) in [5.41, 5.74) is 2.40. The lowest BCUT2D eigenvalue weighted by atomic mass is 9.89. The fourth-order valence-electron chi connectivity index (χ4n) is 2.08. The van der Waals surface area contributed by atoms with Crippen molar-refractivity contribution >= 4 is 18.0 Å². The first-order chi connectivity index (χ1) is 8.85. The van der Waals surface area contributed by atoms with Crippen LogP contribution in [0.2, 0.25) is 0 Å². The number of hydrogen-bond acceptors (Lipinski definition) is 2. The summed E-state index contributed by atoms with van der Waals surface area (Å²) in [5.74, 6) is 0.166. The van der Waals surface area contributed by atoms with E-state index in [4.69, 9.17) is 0 Å². The smallest absolute Gasteiger partial charge is 0.120 e. The summed E-state index contributed by atoms with van der Waals surface area (Å²) in [6, 6.07) is 18.7. The van der Waals surface area contributed by atoms with E-state index in [0.29, 0.717) is 6.42 Å². The molecule has 0 bridgehead atoms. The minimum atomic E-state index is 0.166. The molecule has 2 aromatic carbocycles. The molecule has 0 amide bonds. The number of benzene rings is 2. The molecule has 92 valence electrons. The van der Waals surface area contributed by atoms with E-state index in [9.17, 15) is 4.79 Å². The predicted molar refractivity (Wildman–Crippen MR) is 77.2 cm³/mol. The molecule has 1 atom stereocenters. The van der Waals surface area contributed by atoms with E-state index in [2.05, 4.69) is 42.7 Å². The Hall–Kier alpha value is -1.54. The van der Waals surface area contributed by atoms with Crippen LogP contribution in [0, 0.1) is 0 Å². The monoisotopic (exact) mass is 256 g/mol. The van der Waals surface area contributed by atoms with Crippen LogP contribution in [0.5, 0.6) is 0 Å². The second-order valence-corrected chi connectivity index (χ2v) is 5.02. The summed E-state index contributed by atoms with van der Waals surface area (Å²) >= 11 is 1.73. The fraction of sp³-hybridized carbons (Fsp3) is 0.188. The average molecular weight is 256 g/mol. The Morgan fingerprint density at radius 3 is 2.17 bits per heavy atom. The van der Waals surface area contributed by atoms with Crippen LogP contribution >= 0.6 is 11.8 Å². The molecule has 0 saturated heterocycles. The lowest BCUT2D eigenvalue weighted by molar-refractivity contribution is -0.108. The van der Waals surface area contributed by atoms with Gasteiger partial charge in [0, 0.05) is 17.2 Å². The van der Waals surface area contributed by atoms with Crippen LogP contribution in [0.1, 0.15) is 23.5 Å². The molecule has 1 unspecified atom stereocenters. The maximum atomic E-state index is 10.9. The first kappa shape index (κ1) is 12.9. The average Bonchev–Trinajstić information content (AvgIpc) is 2.46. The van der Waals surface area contributed by atoms with Crippen molar-refractivity contribution in [3.05, 3.63) is 65.7 Å². The highest BCUT2D eigenvalue weighted by atomic mass is 32.2. The molecule has 2 aromatic rings. The minimum Gasteiger partial charge on any atom is -0.303 e. The van der Waals surface area contributed by atoms with Gasteiger partial charge in [0.1, 0.15) is 6.29 Å². The molecule has 0 spiro atoms. The van der Waals surface area contributed by atoms with Crippen molar-refractivity contribution in [3.8, 4) is 0 Å². The first-order valence-electron chi connectivity index (χ1n) is 5.97. The zero-order valence-electron chi connectivity index (χ0n) is 10.4. The Balaban J connectivity index is 2.32. The van der Waals surface area contributed by atoms with Gasteiger partial charge in [-0.15, -0.1) is 11.8 Å². The fourth-order valence-corrected chi connectivity index (χ4v) is 2.49. The molecule has 0 radical (unpaired) electrons.